The Morgan fingerprint density at radius 2 is 2.00 bits per heavy atom. The van der Waals surface area contributed by atoms with E-state index in [1.807, 2.05) is 39.6 Å². The normalized spacial score (nSPS) is 17.3. The summed E-state index contributed by atoms with van der Waals surface area (Å²) < 4.78 is 19.0. The Kier molecular flexibility index (Phi) is 4.84. The van der Waals surface area contributed by atoms with Crippen molar-refractivity contribution in [3.05, 3.63) is 63.0 Å². The number of carbonyl (C=O) groups is 1. The molecule has 1 amide bonds. The number of carbonyl (C=O) groups excluding carboxylic acids is 1. The first-order chi connectivity index (χ1) is 11.1. The number of hydrogen-bond acceptors (Lipinski definition) is 2. The summed E-state index contributed by atoms with van der Waals surface area (Å²) >= 11 is 2.01. The Bertz CT molecular complexity index is 717. The summed E-state index contributed by atoms with van der Waals surface area (Å²) in [5.74, 6) is 0.831. The zero-order valence-electron chi connectivity index (χ0n) is 12.8. The van der Waals surface area contributed by atoms with Crippen LogP contribution in [0.25, 0.3) is 0 Å². The molecular formula is C18H17FINO2. The molecule has 0 radical (unpaired) electrons. The van der Waals surface area contributed by atoms with E-state index in [1.54, 1.807) is 13.2 Å². The minimum absolute atomic E-state index is 0.0228. The second-order valence-corrected chi connectivity index (χ2v) is 6.80. The summed E-state index contributed by atoms with van der Waals surface area (Å²) in [4.78, 5) is 14.5. The van der Waals surface area contributed by atoms with Crippen molar-refractivity contribution in [1.82, 2.24) is 4.90 Å². The van der Waals surface area contributed by atoms with E-state index in [0.717, 1.165) is 18.7 Å². The number of nitrogens with zero attached hydrogens (tertiary/aromatic N) is 1. The van der Waals surface area contributed by atoms with Gasteiger partial charge in [0.05, 0.1) is 12.7 Å². The van der Waals surface area contributed by atoms with Crippen LogP contribution in [0.3, 0.4) is 0 Å². The predicted molar refractivity (Wildman–Crippen MR) is 95.4 cm³/mol. The Morgan fingerprint density at radius 3 is 2.65 bits per heavy atom. The summed E-state index contributed by atoms with van der Waals surface area (Å²) in [5.41, 5.74) is 1.79. The van der Waals surface area contributed by atoms with Crippen molar-refractivity contribution in [2.45, 2.75) is 12.3 Å². The topological polar surface area (TPSA) is 29.5 Å². The van der Waals surface area contributed by atoms with Crippen molar-refractivity contribution in [1.29, 1.82) is 0 Å². The van der Waals surface area contributed by atoms with Gasteiger partial charge in [0.2, 0.25) is 0 Å². The lowest BCUT2D eigenvalue weighted by Gasteiger charge is -2.18. The van der Waals surface area contributed by atoms with Crippen molar-refractivity contribution >= 4 is 28.5 Å². The van der Waals surface area contributed by atoms with E-state index in [1.165, 1.54) is 17.7 Å². The lowest BCUT2D eigenvalue weighted by molar-refractivity contribution is 0.0789. The van der Waals surface area contributed by atoms with Crippen LogP contribution >= 0.6 is 22.6 Å². The molecule has 1 fully saturated rings. The number of methoxy groups -OCH3 is 1. The third kappa shape index (κ3) is 3.49. The highest BCUT2D eigenvalue weighted by Gasteiger charge is 2.28. The van der Waals surface area contributed by atoms with Gasteiger partial charge in [-0.3, -0.25) is 4.79 Å². The highest BCUT2D eigenvalue weighted by molar-refractivity contribution is 14.1. The van der Waals surface area contributed by atoms with Gasteiger partial charge < -0.3 is 9.64 Å². The van der Waals surface area contributed by atoms with Crippen LogP contribution in [0, 0.1) is 9.39 Å². The van der Waals surface area contributed by atoms with Crippen LogP contribution in [0.5, 0.6) is 5.75 Å². The van der Waals surface area contributed by atoms with Crippen LogP contribution in [0.1, 0.15) is 28.3 Å². The first-order valence-electron chi connectivity index (χ1n) is 7.47. The molecule has 2 aromatic carbocycles. The molecule has 1 aliphatic rings. The van der Waals surface area contributed by atoms with Gasteiger partial charge in [-0.25, -0.2) is 4.39 Å². The minimum Gasteiger partial charge on any atom is -0.497 e. The molecule has 1 heterocycles. The van der Waals surface area contributed by atoms with Gasteiger partial charge in [-0.2, -0.15) is 0 Å². The molecule has 0 N–H and O–H groups in total. The van der Waals surface area contributed by atoms with Crippen molar-refractivity contribution in [3.63, 3.8) is 0 Å². The molecule has 0 aliphatic carbocycles. The second-order valence-electron chi connectivity index (χ2n) is 5.63. The van der Waals surface area contributed by atoms with E-state index < -0.39 is 0 Å². The lowest BCUT2D eigenvalue weighted by atomic mass is 9.98. The molecule has 0 aromatic heterocycles. The van der Waals surface area contributed by atoms with Crippen LogP contribution in [0.15, 0.2) is 42.5 Å². The number of hydrogen-bond donors (Lipinski definition) is 0. The number of benzene rings is 2. The van der Waals surface area contributed by atoms with Gasteiger partial charge in [0, 0.05) is 22.6 Å². The van der Waals surface area contributed by atoms with Gasteiger partial charge in [-0.15, -0.1) is 0 Å². The number of likely N-dealkylation sites (tertiary alicyclic amines) is 1. The largest absolute Gasteiger partial charge is 0.497 e. The number of rotatable bonds is 3. The fraction of sp³-hybridized carbons (Fsp3) is 0.278. The SMILES string of the molecule is COc1ccc(C2CCN(C(=O)c3ccc(F)cc3I)C2)cc1. The van der Waals surface area contributed by atoms with E-state index in [2.05, 4.69) is 12.1 Å². The highest BCUT2D eigenvalue weighted by Crippen LogP contribution is 2.30. The van der Waals surface area contributed by atoms with E-state index in [0.29, 0.717) is 21.6 Å². The zero-order valence-corrected chi connectivity index (χ0v) is 14.9. The van der Waals surface area contributed by atoms with Gasteiger partial charge in [-0.05, 0) is 64.9 Å². The van der Waals surface area contributed by atoms with Crippen LogP contribution < -0.4 is 4.74 Å². The van der Waals surface area contributed by atoms with Gasteiger partial charge in [0.25, 0.3) is 5.91 Å². The van der Waals surface area contributed by atoms with Crippen molar-refractivity contribution in [2.24, 2.45) is 0 Å². The molecule has 1 saturated heterocycles. The molecule has 120 valence electrons. The highest BCUT2D eigenvalue weighted by atomic mass is 127. The maximum absolute atomic E-state index is 13.2. The number of amides is 1. The molecule has 3 rings (SSSR count). The van der Waals surface area contributed by atoms with E-state index in [9.17, 15) is 9.18 Å². The van der Waals surface area contributed by atoms with Crippen LogP contribution in [-0.4, -0.2) is 31.0 Å². The van der Waals surface area contributed by atoms with E-state index in [4.69, 9.17) is 4.74 Å². The first kappa shape index (κ1) is 16.2. The van der Waals surface area contributed by atoms with Crippen molar-refractivity contribution in [3.8, 4) is 5.75 Å². The summed E-state index contributed by atoms with van der Waals surface area (Å²) in [7, 11) is 1.65. The van der Waals surface area contributed by atoms with Crippen molar-refractivity contribution in [2.75, 3.05) is 20.2 Å². The monoisotopic (exact) mass is 425 g/mol. The molecule has 3 nitrogen and oxygen atoms in total. The molecule has 5 heteroatoms. The quantitative estimate of drug-likeness (QED) is 0.695. The molecule has 0 bridgehead atoms. The molecule has 0 spiro atoms. The Balaban J connectivity index is 1.72. The third-order valence-corrected chi connectivity index (χ3v) is 5.12. The van der Waals surface area contributed by atoms with Gasteiger partial charge in [0.1, 0.15) is 11.6 Å². The summed E-state index contributed by atoms with van der Waals surface area (Å²) in [5, 5.41) is 0. The average Bonchev–Trinajstić information content (AvgIpc) is 3.04. The fourth-order valence-electron chi connectivity index (χ4n) is 2.93. The second kappa shape index (κ2) is 6.86. The van der Waals surface area contributed by atoms with E-state index >= 15 is 0 Å². The maximum atomic E-state index is 13.2. The lowest BCUT2D eigenvalue weighted by Crippen LogP contribution is -2.29. The zero-order chi connectivity index (χ0) is 16.4. The minimum atomic E-state index is -0.316. The molecular weight excluding hydrogens is 408 g/mol. The molecule has 0 saturated carbocycles. The average molecular weight is 425 g/mol. The van der Waals surface area contributed by atoms with Gasteiger partial charge >= 0.3 is 0 Å². The molecule has 1 unspecified atom stereocenters. The van der Waals surface area contributed by atoms with Crippen LogP contribution in [0.4, 0.5) is 4.39 Å². The standard InChI is InChI=1S/C18H17FINO2/c1-23-15-5-2-12(3-6-15)13-8-9-21(11-13)18(22)16-7-4-14(19)10-17(16)20/h2-7,10,13H,8-9,11H2,1H3. The molecule has 1 aliphatic heterocycles. The third-order valence-electron chi connectivity index (χ3n) is 4.22. The Hall–Kier alpha value is -1.63. The number of ether oxygens (including phenoxy) is 1. The fourth-order valence-corrected chi connectivity index (χ4v) is 3.63. The summed E-state index contributed by atoms with van der Waals surface area (Å²) in [6.45, 7) is 1.42. The van der Waals surface area contributed by atoms with Crippen molar-refractivity contribution < 1.29 is 13.9 Å². The smallest absolute Gasteiger partial charge is 0.254 e. The summed E-state index contributed by atoms with van der Waals surface area (Å²) in [6.07, 6.45) is 0.940. The van der Waals surface area contributed by atoms with Gasteiger partial charge in [-0.1, -0.05) is 12.1 Å². The van der Waals surface area contributed by atoms with Crippen LogP contribution in [0.2, 0.25) is 0 Å². The summed E-state index contributed by atoms with van der Waals surface area (Å²) in [6, 6.07) is 12.3. The molecule has 23 heavy (non-hydrogen) atoms. The Labute approximate surface area is 148 Å². The predicted octanol–water partition coefficient (Wildman–Crippen LogP) is 4.07. The molecule has 2 aromatic rings. The van der Waals surface area contributed by atoms with Crippen LogP contribution in [-0.2, 0) is 0 Å². The number of halogens is 2. The Morgan fingerprint density at radius 1 is 1.26 bits per heavy atom. The van der Waals surface area contributed by atoms with E-state index in [-0.39, 0.29) is 11.7 Å². The molecule has 1 atom stereocenters. The van der Waals surface area contributed by atoms with Gasteiger partial charge in [0.15, 0.2) is 0 Å². The first-order valence-corrected chi connectivity index (χ1v) is 8.54. The maximum Gasteiger partial charge on any atom is 0.254 e.